The van der Waals surface area contributed by atoms with Crippen LogP contribution in [0.15, 0.2) is 42.9 Å². The first-order valence-corrected chi connectivity index (χ1v) is 10.6. The smallest absolute Gasteiger partial charge is 0.224 e. The monoisotopic (exact) mass is 457 g/mol. The van der Waals surface area contributed by atoms with Crippen LogP contribution in [0.1, 0.15) is 5.56 Å². The number of anilines is 2. The number of benzene rings is 1. The van der Waals surface area contributed by atoms with Crippen LogP contribution < -0.4 is 15.5 Å². The van der Waals surface area contributed by atoms with Gasteiger partial charge in [0.2, 0.25) is 5.28 Å². The van der Waals surface area contributed by atoms with Crippen LogP contribution in [0.3, 0.4) is 0 Å². The van der Waals surface area contributed by atoms with Crippen molar-refractivity contribution in [1.29, 1.82) is 0 Å². The van der Waals surface area contributed by atoms with E-state index in [1.165, 1.54) is 6.20 Å². The summed E-state index contributed by atoms with van der Waals surface area (Å²) >= 11 is 5.84. The molecule has 0 unspecified atom stereocenters. The molecular formula is C21H24ClN7O3. The molecule has 1 aliphatic rings. The summed E-state index contributed by atoms with van der Waals surface area (Å²) in [6.07, 6.45) is 4.77. The van der Waals surface area contributed by atoms with Crippen LogP contribution in [0.5, 0.6) is 5.75 Å². The molecule has 3 heterocycles. The molecule has 0 saturated carbocycles. The highest BCUT2D eigenvalue weighted by molar-refractivity contribution is 6.28. The normalized spacial score (nSPS) is 14.2. The topological polar surface area (TPSA) is 118 Å². The van der Waals surface area contributed by atoms with Crippen LogP contribution in [0.25, 0.3) is 11.4 Å². The van der Waals surface area contributed by atoms with Gasteiger partial charge < -0.3 is 14.8 Å². The minimum Gasteiger partial charge on any atom is -0.489 e. The predicted molar refractivity (Wildman–Crippen MR) is 120 cm³/mol. The molecule has 0 radical (unpaired) electrons. The van der Waals surface area contributed by atoms with Gasteiger partial charge in [-0.25, -0.2) is 15.0 Å². The fourth-order valence-electron chi connectivity index (χ4n) is 3.24. The van der Waals surface area contributed by atoms with Gasteiger partial charge in [0.15, 0.2) is 17.4 Å². The Bertz CT molecular complexity index is 1020. The van der Waals surface area contributed by atoms with Crippen molar-refractivity contribution in [3.63, 3.8) is 0 Å². The predicted octanol–water partition coefficient (Wildman–Crippen LogP) is 2.71. The maximum Gasteiger partial charge on any atom is 0.224 e. The minimum atomic E-state index is 0.0842. The number of nitrogens with zero attached hydrogens (tertiary/aromatic N) is 5. The zero-order valence-electron chi connectivity index (χ0n) is 17.4. The number of hydrogen-bond donors (Lipinski definition) is 3. The van der Waals surface area contributed by atoms with Crippen molar-refractivity contribution in [3.05, 3.63) is 53.7 Å². The molecule has 0 amide bonds. The molecule has 0 bridgehead atoms. The van der Waals surface area contributed by atoms with Crippen molar-refractivity contribution in [2.45, 2.75) is 6.54 Å². The third kappa shape index (κ3) is 6.01. The first kappa shape index (κ1) is 22.2. The van der Waals surface area contributed by atoms with Gasteiger partial charge in [-0.1, -0.05) is 18.2 Å². The maximum atomic E-state index is 9.19. The Morgan fingerprint density at radius 3 is 2.72 bits per heavy atom. The molecule has 2 aromatic heterocycles. The number of hydrogen-bond acceptors (Lipinski definition) is 10. The van der Waals surface area contributed by atoms with Crippen LogP contribution in [0.2, 0.25) is 5.28 Å². The summed E-state index contributed by atoms with van der Waals surface area (Å²) in [5, 5.41) is 12.4. The second-order valence-corrected chi connectivity index (χ2v) is 7.45. The van der Waals surface area contributed by atoms with Crippen LogP contribution in [0.4, 0.5) is 11.5 Å². The lowest BCUT2D eigenvalue weighted by Gasteiger charge is -2.26. The molecule has 4 rings (SSSR count). The lowest BCUT2D eigenvalue weighted by molar-refractivity contribution is 0.0322. The molecule has 1 fully saturated rings. The van der Waals surface area contributed by atoms with E-state index in [0.29, 0.717) is 36.2 Å². The van der Waals surface area contributed by atoms with Crippen molar-refractivity contribution in [3.8, 4) is 17.1 Å². The van der Waals surface area contributed by atoms with E-state index in [1.807, 2.05) is 29.7 Å². The van der Waals surface area contributed by atoms with Gasteiger partial charge in [0.1, 0.15) is 12.3 Å². The van der Waals surface area contributed by atoms with E-state index < -0.39 is 0 Å². The summed E-state index contributed by atoms with van der Waals surface area (Å²) in [5.41, 5.74) is 4.24. The van der Waals surface area contributed by atoms with Gasteiger partial charge in [-0.15, -0.1) is 0 Å². The van der Waals surface area contributed by atoms with E-state index in [9.17, 15) is 5.21 Å². The van der Waals surface area contributed by atoms with Crippen LogP contribution in [-0.2, 0) is 11.3 Å². The summed E-state index contributed by atoms with van der Waals surface area (Å²) in [7, 11) is 0. The molecule has 168 valence electrons. The Balaban J connectivity index is 1.34. The summed E-state index contributed by atoms with van der Waals surface area (Å²) in [4.78, 5) is 19.1. The summed E-state index contributed by atoms with van der Waals surface area (Å²) < 4.78 is 11.1. The lowest BCUT2D eigenvalue weighted by atomic mass is 10.1. The average molecular weight is 458 g/mol. The average Bonchev–Trinajstić information content (AvgIpc) is 2.84. The van der Waals surface area contributed by atoms with Gasteiger partial charge in [-0.3, -0.25) is 15.6 Å². The van der Waals surface area contributed by atoms with E-state index in [2.05, 4.69) is 30.2 Å². The molecule has 1 saturated heterocycles. The van der Waals surface area contributed by atoms with Crippen molar-refractivity contribution >= 4 is 23.1 Å². The molecule has 32 heavy (non-hydrogen) atoms. The fourth-order valence-corrected chi connectivity index (χ4v) is 3.37. The Morgan fingerprint density at radius 2 is 1.94 bits per heavy atom. The van der Waals surface area contributed by atoms with Gasteiger partial charge in [-0.2, -0.15) is 4.98 Å². The zero-order valence-corrected chi connectivity index (χ0v) is 18.1. The van der Waals surface area contributed by atoms with Gasteiger partial charge >= 0.3 is 0 Å². The number of morpholine rings is 1. The molecule has 3 N–H and O–H groups in total. The number of aromatic nitrogens is 4. The highest BCUT2D eigenvalue weighted by Gasteiger charge is 2.10. The van der Waals surface area contributed by atoms with Gasteiger partial charge in [0.25, 0.3) is 0 Å². The van der Waals surface area contributed by atoms with E-state index >= 15 is 0 Å². The molecular weight excluding hydrogens is 434 g/mol. The molecule has 10 nitrogen and oxygen atoms in total. The molecule has 0 aliphatic carbocycles. The molecule has 3 aromatic rings. The van der Waals surface area contributed by atoms with Crippen molar-refractivity contribution in [2.75, 3.05) is 50.3 Å². The number of rotatable bonds is 9. The highest BCUT2D eigenvalue weighted by atomic mass is 35.5. The van der Waals surface area contributed by atoms with Crippen molar-refractivity contribution in [2.24, 2.45) is 0 Å². The molecule has 1 aliphatic heterocycles. The zero-order chi connectivity index (χ0) is 22.2. The third-order valence-corrected chi connectivity index (χ3v) is 5.12. The second kappa shape index (κ2) is 11.0. The third-order valence-electron chi connectivity index (χ3n) is 4.93. The quantitative estimate of drug-likeness (QED) is 0.327. The molecule has 1 aromatic carbocycles. The summed E-state index contributed by atoms with van der Waals surface area (Å²) in [6, 6.07) is 7.82. The van der Waals surface area contributed by atoms with E-state index in [1.54, 1.807) is 12.4 Å². The summed E-state index contributed by atoms with van der Waals surface area (Å²) in [5.74, 6) is 1.65. The molecule has 0 spiro atoms. The van der Waals surface area contributed by atoms with E-state index in [0.717, 1.165) is 44.0 Å². The molecule has 11 heteroatoms. The number of ether oxygens (including phenoxy) is 2. The molecule has 0 atom stereocenters. The Kier molecular flexibility index (Phi) is 7.62. The first-order chi connectivity index (χ1) is 15.7. The highest BCUT2D eigenvalue weighted by Crippen LogP contribution is 2.22. The second-order valence-electron chi connectivity index (χ2n) is 7.11. The fraction of sp³-hybridized carbons (Fsp3) is 0.333. The number of nitrogens with one attached hydrogen (secondary N) is 2. The summed E-state index contributed by atoms with van der Waals surface area (Å²) in [6.45, 7) is 5.32. The Hall–Kier alpha value is -3.05. The first-order valence-electron chi connectivity index (χ1n) is 10.2. The lowest BCUT2D eigenvalue weighted by Crippen LogP contribution is -2.38. The maximum absolute atomic E-state index is 9.19. The SMILES string of the molecule is ONc1cnc(Cl)nc1NCc1cccc(-c2ncc(OCCN3CCOCC3)cn2)c1. The van der Waals surface area contributed by atoms with Gasteiger partial charge in [0, 0.05) is 31.7 Å². The van der Waals surface area contributed by atoms with Crippen molar-refractivity contribution < 1.29 is 14.7 Å². The van der Waals surface area contributed by atoms with Crippen LogP contribution >= 0.6 is 11.6 Å². The van der Waals surface area contributed by atoms with Gasteiger partial charge in [-0.05, 0) is 23.2 Å². The van der Waals surface area contributed by atoms with Gasteiger partial charge in [0.05, 0.1) is 31.8 Å². The standard InChI is InChI=1S/C21H24ClN7O3/c22-21-26-14-18(28-30)20(27-21)23-11-15-2-1-3-16(10-15)19-24-12-17(13-25-19)32-9-6-29-4-7-31-8-5-29/h1-3,10,12-14,28,30H,4-9,11H2,(H,23,26,27). The largest absolute Gasteiger partial charge is 0.489 e. The van der Waals surface area contributed by atoms with E-state index in [4.69, 9.17) is 21.1 Å². The van der Waals surface area contributed by atoms with Crippen LogP contribution in [-0.4, -0.2) is 69.5 Å². The minimum absolute atomic E-state index is 0.0842. The Labute approximate surface area is 190 Å². The Morgan fingerprint density at radius 1 is 1.12 bits per heavy atom. The van der Waals surface area contributed by atoms with E-state index in [-0.39, 0.29) is 5.28 Å². The van der Waals surface area contributed by atoms with Crippen LogP contribution in [0, 0.1) is 0 Å². The number of halogens is 1. The van der Waals surface area contributed by atoms with Crippen molar-refractivity contribution in [1.82, 2.24) is 24.8 Å².